The summed E-state index contributed by atoms with van der Waals surface area (Å²) in [7, 11) is 0. The molecule has 0 aromatic heterocycles. The SMILES string of the molecule is O=C(NCCCc1cccc(F)c1)NC1CCCC1CO. The summed E-state index contributed by atoms with van der Waals surface area (Å²) in [6.45, 7) is 0.684. The van der Waals surface area contributed by atoms with E-state index in [0.29, 0.717) is 6.54 Å². The van der Waals surface area contributed by atoms with E-state index in [4.69, 9.17) is 0 Å². The van der Waals surface area contributed by atoms with Gasteiger partial charge in [-0.2, -0.15) is 0 Å². The molecule has 3 N–H and O–H groups in total. The number of nitrogens with one attached hydrogen (secondary N) is 2. The van der Waals surface area contributed by atoms with E-state index in [1.54, 1.807) is 6.07 Å². The Labute approximate surface area is 124 Å². The number of hydrogen-bond acceptors (Lipinski definition) is 2. The molecule has 0 heterocycles. The fourth-order valence-electron chi connectivity index (χ4n) is 2.85. The molecule has 1 aromatic carbocycles. The zero-order chi connectivity index (χ0) is 15.1. The smallest absolute Gasteiger partial charge is 0.315 e. The molecule has 0 radical (unpaired) electrons. The first-order valence-corrected chi connectivity index (χ1v) is 7.58. The molecule has 0 bridgehead atoms. The largest absolute Gasteiger partial charge is 0.396 e. The first-order valence-electron chi connectivity index (χ1n) is 7.58. The van der Waals surface area contributed by atoms with Gasteiger partial charge in [-0.15, -0.1) is 0 Å². The van der Waals surface area contributed by atoms with Crippen LogP contribution >= 0.6 is 0 Å². The van der Waals surface area contributed by atoms with Crippen LogP contribution in [0, 0.1) is 11.7 Å². The Morgan fingerprint density at radius 3 is 3.00 bits per heavy atom. The lowest BCUT2D eigenvalue weighted by Gasteiger charge is -2.19. The highest BCUT2D eigenvalue weighted by atomic mass is 19.1. The van der Waals surface area contributed by atoms with Crippen molar-refractivity contribution in [1.29, 1.82) is 0 Å². The maximum absolute atomic E-state index is 13.0. The van der Waals surface area contributed by atoms with Crippen LogP contribution in [0.15, 0.2) is 24.3 Å². The third-order valence-corrected chi connectivity index (χ3v) is 4.03. The third-order valence-electron chi connectivity index (χ3n) is 4.03. The molecular weight excluding hydrogens is 271 g/mol. The molecule has 2 rings (SSSR count). The second-order valence-corrected chi connectivity index (χ2v) is 5.61. The Kier molecular flexibility index (Phi) is 5.99. The van der Waals surface area contributed by atoms with E-state index in [2.05, 4.69) is 10.6 Å². The van der Waals surface area contributed by atoms with Gasteiger partial charge in [0.2, 0.25) is 0 Å². The highest BCUT2D eigenvalue weighted by Crippen LogP contribution is 2.24. The predicted octanol–water partition coefficient (Wildman–Crippen LogP) is 2.22. The molecule has 2 amide bonds. The van der Waals surface area contributed by atoms with Crippen molar-refractivity contribution in [2.45, 2.75) is 38.1 Å². The van der Waals surface area contributed by atoms with Gasteiger partial charge in [0.15, 0.2) is 0 Å². The lowest BCUT2D eigenvalue weighted by Crippen LogP contribution is -2.44. The summed E-state index contributed by atoms with van der Waals surface area (Å²) in [5.74, 6) is -0.0440. The van der Waals surface area contributed by atoms with Gasteiger partial charge in [-0.3, -0.25) is 0 Å². The number of aliphatic hydroxyl groups excluding tert-OH is 1. The van der Waals surface area contributed by atoms with Crippen LogP contribution in [-0.2, 0) is 6.42 Å². The van der Waals surface area contributed by atoms with Gasteiger partial charge < -0.3 is 15.7 Å². The van der Waals surface area contributed by atoms with Crippen LogP contribution in [0.5, 0.6) is 0 Å². The van der Waals surface area contributed by atoms with E-state index in [1.165, 1.54) is 12.1 Å². The van der Waals surface area contributed by atoms with Crippen LogP contribution in [0.3, 0.4) is 0 Å². The Balaban J connectivity index is 1.63. The first-order chi connectivity index (χ1) is 10.2. The molecular formula is C16H23FN2O2. The summed E-state index contributed by atoms with van der Waals surface area (Å²) in [4.78, 5) is 11.8. The van der Waals surface area contributed by atoms with Gasteiger partial charge in [0.25, 0.3) is 0 Å². The second kappa shape index (κ2) is 7.98. The van der Waals surface area contributed by atoms with Gasteiger partial charge in [-0.25, -0.2) is 9.18 Å². The standard InChI is InChI=1S/C16H23FN2O2/c17-14-7-1-4-12(10-14)5-3-9-18-16(21)19-15-8-2-6-13(15)11-20/h1,4,7,10,13,15,20H,2-3,5-6,8-9,11H2,(H2,18,19,21). The van der Waals surface area contributed by atoms with Gasteiger partial charge >= 0.3 is 6.03 Å². The van der Waals surface area contributed by atoms with E-state index >= 15 is 0 Å². The zero-order valence-corrected chi connectivity index (χ0v) is 12.1. The van der Waals surface area contributed by atoms with Crippen LogP contribution < -0.4 is 10.6 Å². The van der Waals surface area contributed by atoms with E-state index in [9.17, 15) is 14.3 Å². The molecule has 5 heteroatoms. The molecule has 1 saturated carbocycles. The fourth-order valence-corrected chi connectivity index (χ4v) is 2.85. The van der Waals surface area contributed by atoms with Gasteiger partial charge in [-0.05, 0) is 43.4 Å². The van der Waals surface area contributed by atoms with Gasteiger partial charge in [-0.1, -0.05) is 18.6 Å². The summed E-state index contributed by atoms with van der Waals surface area (Å²) in [6, 6.07) is 6.42. The molecule has 1 aliphatic carbocycles. The van der Waals surface area contributed by atoms with E-state index in [1.807, 2.05) is 6.07 Å². The first kappa shape index (κ1) is 15.8. The normalized spacial score (nSPS) is 21.2. The quantitative estimate of drug-likeness (QED) is 0.705. The van der Waals surface area contributed by atoms with Crippen LogP contribution in [0.2, 0.25) is 0 Å². The average Bonchev–Trinajstić information content (AvgIpc) is 2.91. The minimum absolute atomic E-state index is 0.0817. The molecule has 0 aliphatic heterocycles. The third kappa shape index (κ3) is 5.01. The molecule has 21 heavy (non-hydrogen) atoms. The van der Waals surface area contributed by atoms with Crippen molar-refractivity contribution in [3.8, 4) is 0 Å². The van der Waals surface area contributed by atoms with Crippen molar-refractivity contribution in [2.75, 3.05) is 13.2 Å². The van der Waals surface area contributed by atoms with Crippen molar-refractivity contribution in [3.05, 3.63) is 35.6 Å². The van der Waals surface area contributed by atoms with E-state index in [-0.39, 0.29) is 30.4 Å². The lowest BCUT2D eigenvalue weighted by molar-refractivity contribution is 0.199. The van der Waals surface area contributed by atoms with Crippen LogP contribution in [0.1, 0.15) is 31.2 Å². The molecule has 1 aromatic rings. The summed E-state index contributed by atoms with van der Waals surface area (Å²) < 4.78 is 13.0. The van der Waals surface area contributed by atoms with Crippen LogP contribution in [0.4, 0.5) is 9.18 Å². The molecule has 4 nitrogen and oxygen atoms in total. The topological polar surface area (TPSA) is 61.4 Å². The number of aryl methyl sites for hydroxylation is 1. The highest BCUT2D eigenvalue weighted by molar-refractivity contribution is 5.74. The van der Waals surface area contributed by atoms with Crippen molar-refractivity contribution in [1.82, 2.24) is 10.6 Å². The number of hydrogen-bond donors (Lipinski definition) is 3. The molecule has 0 spiro atoms. The molecule has 2 atom stereocenters. The summed E-state index contributed by atoms with van der Waals surface area (Å²) >= 11 is 0. The Hall–Kier alpha value is -1.62. The highest BCUT2D eigenvalue weighted by Gasteiger charge is 2.27. The second-order valence-electron chi connectivity index (χ2n) is 5.61. The summed E-state index contributed by atoms with van der Waals surface area (Å²) in [5.41, 5.74) is 0.938. The maximum atomic E-state index is 13.0. The van der Waals surface area contributed by atoms with Crippen molar-refractivity contribution in [3.63, 3.8) is 0 Å². The summed E-state index contributed by atoms with van der Waals surface area (Å²) in [5, 5.41) is 14.9. The van der Waals surface area contributed by atoms with Crippen molar-refractivity contribution in [2.24, 2.45) is 5.92 Å². The monoisotopic (exact) mass is 294 g/mol. The Morgan fingerprint density at radius 1 is 1.38 bits per heavy atom. The van der Waals surface area contributed by atoms with Crippen molar-refractivity contribution < 1.29 is 14.3 Å². The number of halogens is 1. The molecule has 2 unspecified atom stereocenters. The van der Waals surface area contributed by atoms with Crippen LogP contribution in [-0.4, -0.2) is 30.3 Å². The minimum Gasteiger partial charge on any atom is -0.396 e. The lowest BCUT2D eigenvalue weighted by atomic mass is 10.1. The number of amides is 2. The molecule has 1 aliphatic rings. The van der Waals surface area contributed by atoms with Gasteiger partial charge in [0, 0.05) is 25.1 Å². The Bertz CT molecular complexity index is 467. The number of urea groups is 1. The van der Waals surface area contributed by atoms with E-state index in [0.717, 1.165) is 37.7 Å². The van der Waals surface area contributed by atoms with Gasteiger partial charge in [0.05, 0.1) is 0 Å². The zero-order valence-electron chi connectivity index (χ0n) is 12.1. The predicted molar refractivity (Wildman–Crippen MR) is 79.5 cm³/mol. The average molecular weight is 294 g/mol. The minimum atomic E-state index is -0.227. The van der Waals surface area contributed by atoms with Gasteiger partial charge in [0.1, 0.15) is 5.82 Å². The number of carbonyl (C=O) groups is 1. The number of benzene rings is 1. The molecule has 116 valence electrons. The number of carbonyl (C=O) groups excluding carboxylic acids is 1. The number of rotatable bonds is 6. The Morgan fingerprint density at radius 2 is 2.24 bits per heavy atom. The number of aliphatic hydroxyl groups is 1. The maximum Gasteiger partial charge on any atom is 0.315 e. The van der Waals surface area contributed by atoms with E-state index < -0.39 is 0 Å². The van der Waals surface area contributed by atoms with Crippen LogP contribution in [0.25, 0.3) is 0 Å². The fraction of sp³-hybridized carbons (Fsp3) is 0.562. The summed E-state index contributed by atoms with van der Waals surface area (Å²) in [6.07, 6.45) is 4.46. The molecule has 0 saturated heterocycles. The van der Waals surface area contributed by atoms with Crippen molar-refractivity contribution >= 4 is 6.03 Å². The molecule has 1 fully saturated rings.